The maximum absolute atomic E-state index is 12.4. The lowest BCUT2D eigenvalue weighted by atomic mass is 9.95. The summed E-state index contributed by atoms with van der Waals surface area (Å²) < 4.78 is 0. The smallest absolute Gasteiger partial charge is 0.191 e. The summed E-state index contributed by atoms with van der Waals surface area (Å²) in [6.07, 6.45) is 2.48. The van der Waals surface area contributed by atoms with Crippen LogP contribution >= 0.6 is 0 Å². The molecule has 6 nitrogen and oxygen atoms in total. The minimum Gasteiger partial charge on any atom is -0.372 e. The molecule has 1 rings (SSSR count). The second kappa shape index (κ2) is 11.9. The van der Waals surface area contributed by atoms with Crippen LogP contribution in [0.5, 0.6) is 0 Å². The Balaban J connectivity index is 2.48. The van der Waals surface area contributed by atoms with Gasteiger partial charge in [-0.3, -0.25) is 9.79 Å². The van der Waals surface area contributed by atoms with Gasteiger partial charge in [0.2, 0.25) is 0 Å². The zero-order valence-corrected chi connectivity index (χ0v) is 15.2. The van der Waals surface area contributed by atoms with E-state index < -0.39 is 6.04 Å². The molecule has 0 bridgehead atoms. The first-order valence-electron chi connectivity index (χ1n) is 8.59. The molecule has 136 valence electrons. The predicted molar refractivity (Wildman–Crippen MR) is 101 cm³/mol. The lowest BCUT2D eigenvalue weighted by Crippen LogP contribution is -2.42. The summed E-state index contributed by atoms with van der Waals surface area (Å²) >= 11 is 0. The molecule has 0 heterocycles. The zero-order chi connectivity index (χ0) is 18.5. The van der Waals surface area contributed by atoms with E-state index in [0.29, 0.717) is 25.5 Å². The molecule has 6 heteroatoms. The largest absolute Gasteiger partial charge is 0.372 e. The van der Waals surface area contributed by atoms with Crippen LogP contribution in [0.25, 0.3) is 0 Å². The Kier molecular flexibility index (Phi) is 9.71. The van der Waals surface area contributed by atoms with Gasteiger partial charge in [0.1, 0.15) is 5.94 Å². The molecule has 0 saturated heterocycles. The monoisotopic (exact) mass is 344 g/mol. The van der Waals surface area contributed by atoms with Crippen LogP contribution < -0.4 is 16.0 Å². The van der Waals surface area contributed by atoms with Gasteiger partial charge in [-0.1, -0.05) is 44.2 Å². The van der Waals surface area contributed by atoms with Gasteiger partial charge in [0.15, 0.2) is 11.7 Å². The fraction of sp³-hybridized carbons (Fsp3) is 0.474. The molecule has 0 radical (unpaired) electrons. The number of benzene rings is 1. The first-order chi connectivity index (χ1) is 12.1. The highest BCUT2D eigenvalue weighted by Gasteiger charge is 2.21. The molecule has 0 spiro atoms. The van der Waals surface area contributed by atoms with Crippen LogP contribution in [0, 0.1) is 5.92 Å². The molecular weight excluding hydrogens is 316 g/mol. The van der Waals surface area contributed by atoms with E-state index in [2.05, 4.69) is 20.9 Å². The number of nitrogens with one attached hydrogen (secondary N) is 3. The van der Waals surface area contributed by atoms with E-state index in [4.69, 9.17) is 0 Å². The summed E-state index contributed by atoms with van der Waals surface area (Å²) in [7, 11) is 1.70. The van der Waals surface area contributed by atoms with E-state index in [1.54, 1.807) is 13.0 Å². The summed E-state index contributed by atoms with van der Waals surface area (Å²) in [5.41, 5.74) is 1.16. The van der Waals surface area contributed by atoms with Gasteiger partial charge in [0.25, 0.3) is 0 Å². The molecule has 2 atom stereocenters. The van der Waals surface area contributed by atoms with Gasteiger partial charge in [0, 0.05) is 26.1 Å². The molecule has 0 aliphatic rings. The first-order valence-corrected chi connectivity index (χ1v) is 8.59. The SMILES string of the molecule is CCC(C)C(=O)C(CCNC(=NC)NCc1ccccc1)NC=C=O. The average molecular weight is 344 g/mol. The number of carbonyl (C=O) groups excluding carboxylic acids is 2. The summed E-state index contributed by atoms with van der Waals surface area (Å²) in [5, 5.41) is 9.26. The molecule has 0 aromatic heterocycles. The Bertz CT molecular complexity index is 595. The maximum atomic E-state index is 12.4. The molecule has 1 aromatic carbocycles. The van der Waals surface area contributed by atoms with Crippen molar-refractivity contribution in [1.29, 1.82) is 0 Å². The fourth-order valence-corrected chi connectivity index (χ4v) is 2.32. The van der Waals surface area contributed by atoms with Crippen molar-refractivity contribution in [3.8, 4) is 0 Å². The van der Waals surface area contributed by atoms with E-state index in [1.165, 1.54) is 0 Å². The number of Topliss-reactive ketones (excluding diaryl/α,β-unsaturated/α-hetero) is 1. The average Bonchev–Trinajstić information content (AvgIpc) is 2.66. The van der Waals surface area contributed by atoms with Crippen molar-refractivity contribution in [2.45, 2.75) is 39.3 Å². The highest BCUT2D eigenvalue weighted by molar-refractivity contribution is 5.86. The second-order valence-corrected chi connectivity index (χ2v) is 5.82. The summed E-state index contributed by atoms with van der Waals surface area (Å²) in [5.74, 6) is 2.39. The molecule has 3 N–H and O–H groups in total. The van der Waals surface area contributed by atoms with E-state index in [0.717, 1.165) is 18.2 Å². The van der Waals surface area contributed by atoms with Crippen LogP contribution in [0.4, 0.5) is 0 Å². The van der Waals surface area contributed by atoms with Gasteiger partial charge >= 0.3 is 0 Å². The first kappa shape index (κ1) is 20.5. The summed E-state index contributed by atoms with van der Waals surface area (Å²) in [4.78, 5) is 26.9. The number of aliphatic imine (C=N–C) groups is 1. The molecule has 2 unspecified atom stereocenters. The van der Waals surface area contributed by atoms with Crippen LogP contribution in [0.3, 0.4) is 0 Å². The number of rotatable bonds is 10. The zero-order valence-electron chi connectivity index (χ0n) is 15.2. The van der Waals surface area contributed by atoms with Crippen LogP contribution in [0.1, 0.15) is 32.3 Å². The highest BCUT2D eigenvalue weighted by Crippen LogP contribution is 2.08. The topological polar surface area (TPSA) is 82.6 Å². The Hall–Kier alpha value is -2.59. The van der Waals surface area contributed by atoms with Gasteiger partial charge in [-0.2, -0.15) is 0 Å². The van der Waals surface area contributed by atoms with Crippen molar-refractivity contribution >= 4 is 17.7 Å². The molecule has 0 aliphatic heterocycles. The Morgan fingerprint density at radius 2 is 2.00 bits per heavy atom. The van der Waals surface area contributed by atoms with Crippen LogP contribution in [-0.4, -0.2) is 37.3 Å². The third kappa shape index (κ3) is 7.68. The van der Waals surface area contributed by atoms with Crippen molar-refractivity contribution in [3.63, 3.8) is 0 Å². The van der Waals surface area contributed by atoms with Crippen molar-refractivity contribution in [3.05, 3.63) is 42.1 Å². The Morgan fingerprint density at radius 3 is 2.60 bits per heavy atom. The third-order valence-corrected chi connectivity index (χ3v) is 4.04. The Labute approximate surface area is 149 Å². The number of hydrogen-bond donors (Lipinski definition) is 3. The van der Waals surface area contributed by atoms with E-state index >= 15 is 0 Å². The van der Waals surface area contributed by atoms with Crippen molar-refractivity contribution in [1.82, 2.24) is 16.0 Å². The molecule has 0 amide bonds. The number of guanidine groups is 1. The van der Waals surface area contributed by atoms with Crippen LogP contribution in [-0.2, 0) is 16.1 Å². The molecular formula is C19H28N4O2. The maximum Gasteiger partial charge on any atom is 0.191 e. The lowest BCUT2D eigenvalue weighted by Gasteiger charge is -2.20. The standard InChI is InChI=1S/C19H28N4O2/c1-4-15(2)18(25)17(21-12-13-24)10-11-22-19(20-3)23-14-16-8-6-5-7-9-16/h5-9,12,15,17,21H,4,10-11,14H2,1-3H3,(H2,20,22,23). The van der Waals surface area contributed by atoms with E-state index in [1.807, 2.05) is 44.2 Å². The van der Waals surface area contributed by atoms with Crippen molar-refractivity contribution in [2.24, 2.45) is 10.9 Å². The summed E-state index contributed by atoms with van der Waals surface area (Å²) in [6, 6.07) is 9.63. The van der Waals surface area contributed by atoms with Gasteiger partial charge in [0.05, 0.1) is 12.2 Å². The molecule has 25 heavy (non-hydrogen) atoms. The summed E-state index contributed by atoms with van der Waals surface area (Å²) in [6.45, 7) is 5.10. The number of hydrogen-bond acceptors (Lipinski definition) is 4. The molecule has 0 aliphatic carbocycles. The van der Waals surface area contributed by atoms with Crippen LogP contribution in [0.2, 0.25) is 0 Å². The Morgan fingerprint density at radius 1 is 1.28 bits per heavy atom. The number of carbonyl (C=O) groups is 1. The minimum atomic E-state index is -0.406. The van der Waals surface area contributed by atoms with E-state index in [9.17, 15) is 9.59 Å². The van der Waals surface area contributed by atoms with Gasteiger partial charge < -0.3 is 16.0 Å². The second-order valence-electron chi connectivity index (χ2n) is 5.82. The van der Waals surface area contributed by atoms with E-state index in [-0.39, 0.29) is 11.7 Å². The van der Waals surface area contributed by atoms with Crippen LogP contribution in [0.15, 0.2) is 41.5 Å². The number of nitrogens with zero attached hydrogens (tertiary/aromatic N) is 1. The van der Waals surface area contributed by atoms with Gasteiger partial charge in [-0.15, -0.1) is 0 Å². The molecule has 0 fully saturated rings. The van der Waals surface area contributed by atoms with Gasteiger partial charge in [-0.25, -0.2) is 4.79 Å². The molecule has 1 aromatic rings. The fourth-order valence-electron chi connectivity index (χ4n) is 2.32. The molecule has 0 saturated carbocycles. The normalized spacial score (nSPS) is 13.3. The van der Waals surface area contributed by atoms with Crippen molar-refractivity contribution < 1.29 is 9.59 Å². The highest BCUT2D eigenvalue weighted by atomic mass is 16.1. The predicted octanol–water partition coefficient (Wildman–Crippen LogP) is 1.66. The van der Waals surface area contributed by atoms with Crippen molar-refractivity contribution in [2.75, 3.05) is 13.6 Å². The third-order valence-electron chi connectivity index (χ3n) is 4.04. The minimum absolute atomic E-state index is 0.0481. The quantitative estimate of drug-likeness (QED) is 0.342. The lowest BCUT2D eigenvalue weighted by molar-refractivity contribution is -0.124. The number of ketones is 1. The van der Waals surface area contributed by atoms with Gasteiger partial charge in [-0.05, 0) is 18.4 Å².